The van der Waals surface area contributed by atoms with E-state index in [1.807, 2.05) is 19.2 Å². The number of nitrogens with one attached hydrogen (secondary N) is 1. The summed E-state index contributed by atoms with van der Waals surface area (Å²) in [7, 11) is 1.93. The number of hydrogen-bond acceptors (Lipinski definition) is 3. The number of halogens is 1. The highest BCUT2D eigenvalue weighted by molar-refractivity contribution is 9.10. The molecule has 0 aromatic heterocycles. The van der Waals surface area contributed by atoms with Crippen molar-refractivity contribution >= 4 is 15.9 Å². The Bertz CT molecular complexity index is 355. The normalized spacial score (nSPS) is 14.8. The number of fused-ring (bicyclic) bond motifs is 1. The third-order valence-corrected chi connectivity index (χ3v) is 3.02. The van der Waals surface area contributed by atoms with Crippen LogP contribution in [0.4, 0.5) is 0 Å². The van der Waals surface area contributed by atoms with Crippen LogP contribution in [-0.4, -0.2) is 20.3 Å². The topological polar surface area (TPSA) is 30.5 Å². The van der Waals surface area contributed by atoms with Crippen molar-refractivity contribution in [1.29, 1.82) is 0 Å². The van der Waals surface area contributed by atoms with Gasteiger partial charge < -0.3 is 14.8 Å². The Balaban J connectivity index is 2.33. The molecule has 1 aliphatic rings. The van der Waals surface area contributed by atoms with Gasteiger partial charge in [-0.2, -0.15) is 0 Å². The van der Waals surface area contributed by atoms with Gasteiger partial charge in [0.2, 0.25) is 0 Å². The maximum absolute atomic E-state index is 5.62. The van der Waals surface area contributed by atoms with Crippen molar-refractivity contribution in [3.8, 4) is 11.5 Å². The van der Waals surface area contributed by atoms with Crippen LogP contribution >= 0.6 is 15.9 Å². The summed E-state index contributed by atoms with van der Waals surface area (Å²) in [5.74, 6) is 1.68. The van der Waals surface area contributed by atoms with Gasteiger partial charge in [-0.05, 0) is 24.7 Å². The fraction of sp³-hybridized carbons (Fsp3) is 0.455. The summed E-state index contributed by atoms with van der Waals surface area (Å²) in [6.07, 6.45) is 0.938. The van der Waals surface area contributed by atoms with Crippen LogP contribution < -0.4 is 14.8 Å². The van der Waals surface area contributed by atoms with Crippen molar-refractivity contribution in [2.24, 2.45) is 0 Å². The predicted molar refractivity (Wildman–Crippen MR) is 62.5 cm³/mol. The Kier molecular flexibility index (Phi) is 3.49. The molecule has 82 valence electrons. The minimum Gasteiger partial charge on any atom is -0.490 e. The lowest BCUT2D eigenvalue weighted by Gasteiger charge is -2.11. The molecular weight excluding hydrogens is 258 g/mol. The molecule has 1 aromatic rings. The van der Waals surface area contributed by atoms with Crippen molar-refractivity contribution in [3.05, 3.63) is 22.2 Å². The van der Waals surface area contributed by atoms with Gasteiger partial charge in [0, 0.05) is 17.4 Å². The van der Waals surface area contributed by atoms with Gasteiger partial charge in [0.15, 0.2) is 11.5 Å². The molecule has 0 saturated carbocycles. The van der Waals surface area contributed by atoms with E-state index >= 15 is 0 Å². The van der Waals surface area contributed by atoms with Crippen LogP contribution in [0, 0.1) is 0 Å². The number of hydrogen-bond donors (Lipinski definition) is 1. The fourth-order valence-electron chi connectivity index (χ4n) is 1.55. The van der Waals surface area contributed by atoms with Gasteiger partial charge in [-0.3, -0.25) is 0 Å². The second-order valence-electron chi connectivity index (χ2n) is 3.47. The average Bonchev–Trinajstić information content (AvgIpc) is 2.44. The molecule has 0 unspecified atom stereocenters. The highest BCUT2D eigenvalue weighted by atomic mass is 79.9. The van der Waals surface area contributed by atoms with Crippen molar-refractivity contribution < 1.29 is 9.47 Å². The second-order valence-corrected chi connectivity index (χ2v) is 4.33. The van der Waals surface area contributed by atoms with E-state index < -0.39 is 0 Å². The Labute approximate surface area is 97.9 Å². The standard InChI is InChI=1S/C11H14BrNO2/c1-13-7-8-5-10-11(6-9(8)12)15-4-2-3-14-10/h5-6,13H,2-4,7H2,1H3. The summed E-state index contributed by atoms with van der Waals surface area (Å²) in [6, 6.07) is 4.01. The van der Waals surface area contributed by atoms with E-state index in [-0.39, 0.29) is 0 Å². The van der Waals surface area contributed by atoms with Gasteiger partial charge in [0.05, 0.1) is 13.2 Å². The smallest absolute Gasteiger partial charge is 0.162 e. The van der Waals surface area contributed by atoms with Crippen LogP contribution in [-0.2, 0) is 6.54 Å². The zero-order valence-electron chi connectivity index (χ0n) is 8.68. The molecule has 4 heteroatoms. The predicted octanol–water partition coefficient (Wildman–Crippen LogP) is 2.33. The molecule has 1 heterocycles. The van der Waals surface area contributed by atoms with Gasteiger partial charge in [-0.15, -0.1) is 0 Å². The molecular formula is C11H14BrNO2. The first-order valence-electron chi connectivity index (χ1n) is 5.04. The summed E-state index contributed by atoms with van der Waals surface area (Å²) in [6.45, 7) is 2.27. The molecule has 1 aromatic carbocycles. The van der Waals surface area contributed by atoms with E-state index in [2.05, 4.69) is 21.2 Å². The van der Waals surface area contributed by atoms with Gasteiger partial charge >= 0.3 is 0 Å². The lowest BCUT2D eigenvalue weighted by molar-refractivity contribution is 0.297. The zero-order valence-corrected chi connectivity index (χ0v) is 10.3. The minimum absolute atomic E-state index is 0.727. The number of ether oxygens (including phenoxy) is 2. The Morgan fingerprint density at radius 1 is 1.27 bits per heavy atom. The lowest BCUT2D eigenvalue weighted by Crippen LogP contribution is -2.06. The summed E-state index contributed by atoms with van der Waals surface area (Å²) in [4.78, 5) is 0. The summed E-state index contributed by atoms with van der Waals surface area (Å²) >= 11 is 3.53. The van der Waals surface area contributed by atoms with Crippen LogP contribution in [0.3, 0.4) is 0 Å². The number of benzene rings is 1. The average molecular weight is 272 g/mol. The van der Waals surface area contributed by atoms with Crippen LogP contribution in [0.15, 0.2) is 16.6 Å². The largest absolute Gasteiger partial charge is 0.490 e. The third-order valence-electron chi connectivity index (χ3n) is 2.28. The molecule has 0 radical (unpaired) electrons. The Morgan fingerprint density at radius 2 is 1.93 bits per heavy atom. The van der Waals surface area contributed by atoms with Crippen molar-refractivity contribution in [3.63, 3.8) is 0 Å². The molecule has 0 bridgehead atoms. The summed E-state index contributed by atoms with van der Waals surface area (Å²) in [5, 5.41) is 3.12. The number of rotatable bonds is 2. The molecule has 2 rings (SSSR count). The van der Waals surface area contributed by atoms with Crippen molar-refractivity contribution in [1.82, 2.24) is 5.32 Å². The SMILES string of the molecule is CNCc1cc2c(cc1Br)OCCCO2. The van der Waals surface area contributed by atoms with Crippen LogP contribution in [0.5, 0.6) is 11.5 Å². The highest BCUT2D eigenvalue weighted by Crippen LogP contribution is 2.35. The molecule has 0 saturated heterocycles. The van der Waals surface area contributed by atoms with Crippen molar-refractivity contribution in [2.45, 2.75) is 13.0 Å². The van der Waals surface area contributed by atoms with E-state index in [0.717, 1.165) is 42.2 Å². The first-order chi connectivity index (χ1) is 7.31. The van der Waals surface area contributed by atoms with Gasteiger partial charge in [-0.1, -0.05) is 15.9 Å². The van der Waals surface area contributed by atoms with Crippen LogP contribution in [0.1, 0.15) is 12.0 Å². The second kappa shape index (κ2) is 4.86. The molecule has 0 spiro atoms. The molecule has 0 amide bonds. The fourth-order valence-corrected chi connectivity index (χ4v) is 2.01. The summed E-state index contributed by atoms with van der Waals surface area (Å²) < 4.78 is 12.3. The third kappa shape index (κ3) is 2.44. The maximum atomic E-state index is 5.62. The van der Waals surface area contributed by atoms with E-state index in [4.69, 9.17) is 9.47 Å². The molecule has 0 aliphatic carbocycles. The van der Waals surface area contributed by atoms with E-state index in [1.54, 1.807) is 0 Å². The van der Waals surface area contributed by atoms with Gasteiger partial charge in [-0.25, -0.2) is 0 Å². The van der Waals surface area contributed by atoms with E-state index in [1.165, 1.54) is 5.56 Å². The Hall–Kier alpha value is -0.740. The maximum Gasteiger partial charge on any atom is 0.162 e. The highest BCUT2D eigenvalue weighted by Gasteiger charge is 2.13. The monoisotopic (exact) mass is 271 g/mol. The van der Waals surface area contributed by atoms with Crippen LogP contribution in [0.25, 0.3) is 0 Å². The first-order valence-corrected chi connectivity index (χ1v) is 5.83. The molecule has 1 N–H and O–H groups in total. The summed E-state index contributed by atoms with van der Waals surface area (Å²) in [5.41, 5.74) is 1.18. The van der Waals surface area contributed by atoms with E-state index in [0.29, 0.717) is 0 Å². The van der Waals surface area contributed by atoms with Gasteiger partial charge in [0.25, 0.3) is 0 Å². The molecule has 1 aliphatic heterocycles. The first kappa shape index (κ1) is 10.8. The molecule has 3 nitrogen and oxygen atoms in total. The molecule has 0 fully saturated rings. The minimum atomic E-state index is 0.727. The zero-order chi connectivity index (χ0) is 10.7. The Morgan fingerprint density at radius 3 is 2.60 bits per heavy atom. The van der Waals surface area contributed by atoms with E-state index in [9.17, 15) is 0 Å². The quantitative estimate of drug-likeness (QED) is 0.896. The molecule has 0 atom stereocenters. The van der Waals surface area contributed by atoms with Crippen LogP contribution in [0.2, 0.25) is 0 Å². The molecule has 15 heavy (non-hydrogen) atoms. The lowest BCUT2D eigenvalue weighted by atomic mass is 10.2. The van der Waals surface area contributed by atoms with Crippen molar-refractivity contribution in [2.75, 3.05) is 20.3 Å². The van der Waals surface area contributed by atoms with Gasteiger partial charge in [0.1, 0.15) is 0 Å².